The summed E-state index contributed by atoms with van der Waals surface area (Å²) in [7, 11) is 1.54. The molecule has 0 amide bonds. The van der Waals surface area contributed by atoms with Crippen molar-refractivity contribution < 1.29 is 23.8 Å². The van der Waals surface area contributed by atoms with Gasteiger partial charge in [-0.25, -0.2) is 0 Å². The number of methoxy groups -OCH3 is 1. The van der Waals surface area contributed by atoms with Crippen molar-refractivity contribution >= 4 is 11.9 Å². The van der Waals surface area contributed by atoms with E-state index in [1.54, 1.807) is 7.11 Å². The molecular weight excluding hydrogens is 320 g/mol. The zero-order valence-corrected chi connectivity index (χ0v) is 16.7. The largest absolute Gasteiger partial charge is 0.465 e. The first kappa shape index (κ1) is 23.9. The second kappa shape index (κ2) is 15.2. The lowest BCUT2D eigenvalue weighted by Gasteiger charge is -2.26. The maximum atomic E-state index is 12.5. The molecule has 0 spiro atoms. The zero-order chi connectivity index (χ0) is 19.0. The smallest absolute Gasteiger partial charge is 0.323 e. The van der Waals surface area contributed by atoms with Crippen LogP contribution in [0.5, 0.6) is 0 Å². The molecule has 0 aliphatic carbocycles. The van der Waals surface area contributed by atoms with Crippen LogP contribution in [-0.2, 0) is 23.8 Å². The molecule has 0 aromatic rings. The standard InChI is InChI=1S/C20H38O5/c1-5-8-9-10-11-12-13-14-15-24-18(21)20(6-2,7-3)19(22)25-17-16-23-4/h5-17H2,1-4H3. The summed E-state index contributed by atoms with van der Waals surface area (Å²) in [6.07, 6.45) is 10.3. The lowest BCUT2D eigenvalue weighted by Crippen LogP contribution is -2.41. The summed E-state index contributed by atoms with van der Waals surface area (Å²) in [6.45, 7) is 6.71. The Balaban J connectivity index is 4.13. The highest BCUT2D eigenvalue weighted by Gasteiger charge is 2.45. The molecule has 0 aliphatic rings. The average Bonchev–Trinajstić information content (AvgIpc) is 2.62. The molecule has 0 rings (SSSR count). The monoisotopic (exact) mass is 358 g/mol. The van der Waals surface area contributed by atoms with Gasteiger partial charge in [0.05, 0.1) is 13.2 Å². The van der Waals surface area contributed by atoms with Crippen molar-refractivity contribution in [3.05, 3.63) is 0 Å². The van der Waals surface area contributed by atoms with E-state index in [0.29, 0.717) is 26.1 Å². The van der Waals surface area contributed by atoms with E-state index in [0.717, 1.165) is 12.8 Å². The summed E-state index contributed by atoms with van der Waals surface area (Å²) < 4.78 is 15.4. The van der Waals surface area contributed by atoms with Crippen LogP contribution in [0.4, 0.5) is 0 Å². The van der Waals surface area contributed by atoms with Crippen LogP contribution in [0.25, 0.3) is 0 Å². The third-order valence-electron chi connectivity index (χ3n) is 4.74. The minimum absolute atomic E-state index is 0.155. The quantitative estimate of drug-likeness (QED) is 0.228. The van der Waals surface area contributed by atoms with Crippen molar-refractivity contribution in [2.24, 2.45) is 5.41 Å². The fourth-order valence-corrected chi connectivity index (χ4v) is 2.81. The Kier molecular flexibility index (Phi) is 14.5. The predicted octanol–water partition coefficient (Wildman–Crippen LogP) is 4.67. The van der Waals surface area contributed by atoms with Gasteiger partial charge in [-0.2, -0.15) is 0 Å². The molecule has 0 saturated heterocycles. The molecule has 0 radical (unpaired) electrons. The number of esters is 2. The van der Waals surface area contributed by atoms with Crippen molar-refractivity contribution in [3.8, 4) is 0 Å². The molecule has 0 aromatic heterocycles. The van der Waals surface area contributed by atoms with Gasteiger partial charge in [0.2, 0.25) is 0 Å². The van der Waals surface area contributed by atoms with E-state index in [1.807, 2.05) is 13.8 Å². The van der Waals surface area contributed by atoms with E-state index in [1.165, 1.54) is 38.5 Å². The van der Waals surface area contributed by atoms with Gasteiger partial charge in [-0.05, 0) is 19.3 Å². The molecule has 0 saturated carbocycles. The number of carbonyl (C=O) groups is 2. The van der Waals surface area contributed by atoms with Gasteiger partial charge in [0.1, 0.15) is 6.61 Å². The molecule has 0 atom stereocenters. The maximum absolute atomic E-state index is 12.5. The Morgan fingerprint density at radius 3 is 1.64 bits per heavy atom. The fraction of sp³-hybridized carbons (Fsp3) is 0.900. The van der Waals surface area contributed by atoms with Gasteiger partial charge in [-0.3, -0.25) is 9.59 Å². The number of hydrogen-bond donors (Lipinski definition) is 0. The summed E-state index contributed by atoms with van der Waals surface area (Å²) in [5.74, 6) is -0.960. The molecule has 5 nitrogen and oxygen atoms in total. The Bertz CT molecular complexity index is 350. The molecule has 0 N–H and O–H groups in total. The van der Waals surface area contributed by atoms with E-state index >= 15 is 0 Å². The minimum atomic E-state index is -1.19. The second-order valence-electron chi connectivity index (χ2n) is 6.53. The van der Waals surface area contributed by atoms with Crippen LogP contribution in [-0.4, -0.2) is 38.9 Å². The first-order valence-corrected chi connectivity index (χ1v) is 9.92. The van der Waals surface area contributed by atoms with E-state index in [-0.39, 0.29) is 6.61 Å². The van der Waals surface area contributed by atoms with Crippen LogP contribution in [0, 0.1) is 5.41 Å². The van der Waals surface area contributed by atoms with Gasteiger partial charge < -0.3 is 14.2 Å². The third kappa shape index (κ3) is 9.24. The number of carbonyl (C=O) groups excluding carboxylic acids is 2. The molecule has 0 unspecified atom stereocenters. The number of ether oxygens (including phenoxy) is 3. The lowest BCUT2D eigenvalue weighted by molar-refractivity contribution is -0.174. The summed E-state index contributed by atoms with van der Waals surface area (Å²) >= 11 is 0. The topological polar surface area (TPSA) is 61.8 Å². The van der Waals surface area contributed by atoms with Crippen LogP contribution in [0.3, 0.4) is 0 Å². The van der Waals surface area contributed by atoms with Crippen LogP contribution in [0.15, 0.2) is 0 Å². The molecular formula is C20H38O5. The number of unbranched alkanes of at least 4 members (excludes halogenated alkanes) is 7. The SMILES string of the molecule is CCCCCCCCCCOC(=O)C(CC)(CC)C(=O)OCCOC. The van der Waals surface area contributed by atoms with Crippen molar-refractivity contribution in [1.82, 2.24) is 0 Å². The minimum Gasteiger partial charge on any atom is -0.465 e. The van der Waals surface area contributed by atoms with Gasteiger partial charge >= 0.3 is 11.9 Å². The molecule has 25 heavy (non-hydrogen) atoms. The Morgan fingerprint density at radius 1 is 0.680 bits per heavy atom. The molecule has 0 bridgehead atoms. The molecule has 0 fully saturated rings. The van der Waals surface area contributed by atoms with Crippen LogP contribution in [0.1, 0.15) is 85.0 Å². The molecule has 5 heteroatoms. The average molecular weight is 359 g/mol. The van der Waals surface area contributed by atoms with E-state index in [2.05, 4.69) is 6.92 Å². The molecule has 148 valence electrons. The van der Waals surface area contributed by atoms with Gasteiger partial charge in [0.15, 0.2) is 5.41 Å². The summed E-state index contributed by atoms with van der Waals surface area (Å²) in [4.78, 5) is 24.8. The summed E-state index contributed by atoms with van der Waals surface area (Å²) in [5.41, 5.74) is -1.19. The van der Waals surface area contributed by atoms with Gasteiger partial charge in [0.25, 0.3) is 0 Å². The van der Waals surface area contributed by atoms with Crippen molar-refractivity contribution in [3.63, 3.8) is 0 Å². The summed E-state index contributed by atoms with van der Waals surface area (Å²) in [6, 6.07) is 0. The van der Waals surface area contributed by atoms with Gasteiger partial charge in [0, 0.05) is 7.11 Å². The van der Waals surface area contributed by atoms with E-state index in [9.17, 15) is 9.59 Å². The second-order valence-corrected chi connectivity index (χ2v) is 6.53. The van der Waals surface area contributed by atoms with E-state index < -0.39 is 17.4 Å². The first-order chi connectivity index (χ1) is 12.1. The Labute approximate surface area is 153 Å². The highest BCUT2D eigenvalue weighted by Crippen LogP contribution is 2.30. The fourth-order valence-electron chi connectivity index (χ4n) is 2.81. The Morgan fingerprint density at radius 2 is 1.16 bits per heavy atom. The maximum Gasteiger partial charge on any atom is 0.323 e. The third-order valence-corrected chi connectivity index (χ3v) is 4.74. The van der Waals surface area contributed by atoms with Crippen LogP contribution >= 0.6 is 0 Å². The highest BCUT2D eigenvalue weighted by atomic mass is 16.6. The Hall–Kier alpha value is -1.10. The number of rotatable bonds is 16. The first-order valence-electron chi connectivity index (χ1n) is 9.92. The van der Waals surface area contributed by atoms with Gasteiger partial charge in [-0.1, -0.05) is 65.7 Å². The zero-order valence-electron chi connectivity index (χ0n) is 16.7. The van der Waals surface area contributed by atoms with Crippen molar-refractivity contribution in [1.29, 1.82) is 0 Å². The molecule has 0 aliphatic heterocycles. The molecule has 0 heterocycles. The van der Waals surface area contributed by atoms with Crippen molar-refractivity contribution in [2.45, 2.75) is 85.0 Å². The molecule has 0 aromatic carbocycles. The van der Waals surface area contributed by atoms with Gasteiger partial charge in [-0.15, -0.1) is 0 Å². The lowest BCUT2D eigenvalue weighted by atomic mass is 9.82. The predicted molar refractivity (Wildman–Crippen MR) is 99.4 cm³/mol. The highest BCUT2D eigenvalue weighted by molar-refractivity contribution is 5.99. The van der Waals surface area contributed by atoms with Crippen molar-refractivity contribution in [2.75, 3.05) is 26.9 Å². The van der Waals surface area contributed by atoms with Crippen LogP contribution < -0.4 is 0 Å². The van der Waals surface area contributed by atoms with E-state index in [4.69, 9.17) is 14.2 Å². The normalized spacial score (nSPS) is 11.4. The number of hydrogen-bond acceptors (Lipinski definition) is 5. The summed E-state index contributed by atoms with van der Waals surface area (Å²) in [5, 5.41) is 0. The van der Waals surface area contributed by atoms with Crippen LogP contribution in [0.2, 0.25) is 0 Å².